The number of methoxy groups -OCH3 is 1. The Kier molecular flexibility index (Phi) is 6.61. The first-order valence-corrected chi connectivity index (χ1v) is 11.3. The lowest BCUT2D eigenvalue weighted by Crippen LogP contribution is -2.32. The van der Waals surface area contributed by atoms with E-state index in [0.717, 1.165) is 29.6 Å². The Bertz CT molecular complexity index is 1220. The zero-order valence-corrected chi connectivity index (χ0v) is 18.8. The summed E-state index contributed by atoms with van der Waals surface area (Å²) in [5.74, 6) is -0.582. The molecular formula is C24H24N4O3S. The third-order valence-electron chi connectivity index (χ3n) is 5.24. The molecule has 2 aromatic heterocycles. The summed E-state index contributed by atoms with van der Waals surface area (Å²) in [4.78, 5) is 35.7. The standard InChI is InChI=1S/C24H24N4O3S/c1-3-17-5-10-20-21(15-17)32-24(26-20)28(13-4-12-27-14-11-25-16-27)22(29)18-6-8-19(9-7-18)23(30)31-2/h5-11,14-16H,3-4,12-13H2,1-2H3. The van der Waals surface area contributed by atoms with Gasteiger partial charge in [-0.05, 0) is 54.8 Å². The second kappa shape index (κ2) is 9.74. The molecular weight excluding hydrogens is 424 g/mol. The molecule has 0 bridgehead atoms. The molecule has 0 aliphatic rings. The van der Waals surface area contributed by atoms with Gasteiger partial charge in [-0.1, -0.05) is 24.3 Å². The second-order valence-electron chi connectivity index (χ2n) is 7.33. The summed E-state index contributed by atoms with van der Waals surface area (Å²) in [6.45, 7) is 3.37. The molecule has 32 heavy (non-hydrogen) atoms. The molecule has 2 aromatic carbocycles. The van der Waals surface area contributed by atoms with Crippen LogP contribution in [0, 0.1) is 0 Å². The number of thiazole rings is 1. The Morgan fingerprint density at radius 3 is 2.59 bits per heavy atom. The number of aryl methyl sites for hydroxylation is 2. The Balaban J connectivity index is 1.62. The highest BCUT2D eigenvalue weighted by Crippen LogP contribution is 2.31. The van der Waals surface area contributed by atoms with E-state index in [2.05, 4.69) is 24.0 Å². The Morgan fingerprint density at radius 2 is 1.91 bits per heavy atom. The quantitative estimate of drug-likeness (QED) is 0.369. The number of carbonyl (C=O) groups excluding carboxylic acids is 2. The van der Waals surface area contributed by atoms with E-state index >= 15 is 0 Å². The van der Waals surface area contributed by atoms with Gasteiger partial charge in [0.15, 0.2) is 5.13 Å². The molecule has 2 heterocycles. The van der Waals surface area contributed by atoms with E-state index < -0.39 is 5.97 Å². The van der Waals surface area contributed by atoms with Crippen molar-refractivity contribution in [3.05, 3.63) is 77.9 Å². The maximum absolute atomic E-state index is 13.4. The van der Waals surface area contributed by atoms with Crippen molar-refractivity contribution in [2.45, 2.75) is 26.3 Å². The number of nitrogens with zero attached hydrogens (tertiary/aromatic N) is 4. The van der Waals surface area contributed by atoms with Crippen molar-refractivity contribution in [1.29, 1.82) is 0 Å². The van der Waals surface area contributed by atoms with E-state index in [4.69, 9.17) is 9.72 Å². The van der Waals surface area contributed by atoms with Gasteiger partial charge in [-0.25, -0.2) is 14.8 Å². The van der Waals surface area contributed by atoms with Crippen LogP contribution in [-0.2, 0) is 17.7 Å². The van der Waals surface area contributed by atoms with E-state index in [1.54, 1.807) is 41.7 Å². The van der Waals surface area contributed by atoms with Crippen molar-refractivity contribution < 1.29 is 14.3 Å². The monoisotopic (exact) mass is 448 g/mol. The van der Waals surface area contributed by atoms with Crippen molar-refractivity contribution in [3.8, 4) is 0 Å². The lowest BCUT2D eigenvalue weighted by molar-refractivity contribution is 0.0600. The van der Waals surface area contributed by atoms with Crippen molar-refractivity contribution in [3.63, 3.8) is 0 Å². The van der Waals surface area contributed by atoms with E-state index in [-0.39, 0.29) is 5.91 Å². The van der Waals surface area contributed by atoms with E-state index in [1.807, 2.05) is 16.8 Å². The van der Waals surface area contributed by atoms with E-state index in [0.29, 0.717) is 22.8 Å². The molecule has 0 spiro atoms. The number of rotatable bonds is 8. The average Bonchev–Trinajstić information content (AvgIpc) is 3.50. The van der Waals surface area contributed by atoms with Crippen LogP contribution < -0.4 is 4.90 Å². The SMILES string of the molecule is CCc1ccc2nc(N(CCCn3ccnc3)C(=O)c3ccc(C(=O)OC)cc3)sc2c1. The molecule has 0 radical (unpaired) electrons. The molecule has 0 aliphatic heterocycles. The predicted molar refractivity (Wildman–Crippen MR) is 125 cm³/mol. The van der Waals surface area contributed by atoms with Crippen molar-refractivity contribution in [1.82, 2.24) is 14.5 Å². The first-order chi connectivity index (χ1) is 15.6. The number of esters is 1. The number of ether oxygens (including phenoxy) is 1. The number of hydrogen-bond acceptors (Lipinski definition) is 6. The van der Waals surface area contributed by atoms with E-state index in [9.17, 15) is 9.59 Å². The van der Waals surface area contributed by atoms with Gasteiger partial charge in [0.25, 0.3) is 5.91 Å². The molecule has 0 atom stereocenters. The summed E-state index contributed by atoms with van der Waals surface area (Å²) in [7, 11) is 1.33. The molecule has 0 N–H and O–H groups in total. The summed E-state index contributed by atoms with van der Waals surface area (Å²) >= 11 is 1.52. The highest BCUT2D eigenvalue weighted by atomic mass is 32.1. The number of aromatic nitrogens is 3. The van der Waals surface area contributed by atoms with Gasteiger partial charge in [0, 0.05) is 31.0 Å². The Morgan fingerprint density at radius 1 is 1.12 bits per heavy atom. The number of amides is 1. The van der Waals surface area contributed by atoms with Crippen LogP contribution in [-0.4, -0.2) is 40.1 Å². The first kappa shape index (κ1) is 21.7. The van der Waals surface area contributed by atoms with Crippen LogP contribution in [0.25, 0.3) is 10.2 Å². The molecule has 1 amide bonds. The van der Waals surface area contributed by atoms with Crippen molar-refractivity contribution in [2.24, 2.45) is 0 Å². The minimum absolute atomic E-state index is 0.151. The number of imidazole rings is 1. The zero-order valence-electron chi connectivity index (χ0n) is 18.0. The van der Waals surface area contributed by atoms with Gasteiger partial charge in [-0.3, -0.25) is 9.69 Å². The van der Waals surface area contributed by atoms with Crippen molar-refractivity contribution >= 4 is 38.6 Å². The highest BCUT2D eigenvalue weighted by molar-refractivity contribution is 7.22. The molecule has 0 saturated carbocycles. The molecule has 164 valence electrons. The van der Waals surface area contributed by atoms with Gasteiger partial charge in [0.2, 0.25) is 0 Å². The van der Waals surface area contributed by atoms with Gasteiger partial charge in [-0.15, -0.1) is 0 Å². The third-order valence-corrected chi connectivity index (χ3v) is 6.28. The van der Waals surface area contributed by atoms with Crippen LogP contribution in [0.1, 0.15) is 39.6 Å². The summed E-state index contributed by atoms with van der Waals surface area (Å²) in [6.07, 6.45) is 7.11. The molecule has 0 fully saturated rings. The van der Waals surface area contributed by atoms with Crippen LogP contribution in [0.3, 0.4) is 0 Å². The van der Waals surface area contributed by atoms with Crippen LogP contribution >= 0.6 is 11.3 Å². The molecule has 0 saturated heterocycles. The topological polar surface area (TPSA) is 77.3 Å². The maximum atomic E-state index is 13.4. The van der Waals surface area contributed by atoms with Crippen LogP contribution in [0.15, 0.2) is 61.2 Å². The van der Waals surface area contributed by atoms with Gasteiger partial charge >= 0.3 is 5.97 Å². The molecule has 4 rings (SSSR count). The second-order valence-corrected chi connectivity index (χ2v) is 8.34. The fraction of sp³-hybridized carbons (Fsp3) is 0.250. The molecule has 0 unspecified atom stereocenters. The fourth-order valence-corrected chi connectivity index (χ4v) is 4.48. The lowest BCUT2D eigenvalue weighted by Gasteiger charge is -2.20. The summed E-state index contributed by atoms with van der Waals surface area (Å²) in [6, 6.07) is 12.7. The summed E-state index contributed by atoms with van der Waals surface area (Å²) < 4.78 is 7.79. The number of anilines is 1. The minimum Gasteiger partial charge on any atom is -0.465 e. The maximum Gasteiger partial charge on any atom is 0.337 e. The van der Waals surface area contributed by atoms with Crippen LogP contribution in [0.2, 0.25) is 0 Å². The normalized spacial score (nSPS) is 10.9. The minimum atomic E-state index is -0.431. The molecule has 0 aliphatic carbocycles. The van der Waals surface area contributed by atoms with Crippen LogP contribution in [0.5, 0.6) is 0 Å². The Labute approximate surface area is 190 Å². The Hall–Kier alpha value is -3.52. The number of fused-ring (bicyclic) bond motifs is 1. The first-order valence-electron chi connectivity index (χ1n) is 10.4. The summed E-state index contributed by atoms with van der Waals surface area (Å²) in [5, 5.41) is 0.668. The zero-order chi connectivity index (χ0) is 22.5. The van der Waals surface area contributed by atoms with Gasteiger partial charge < -0.3 is 9.30 Å². The third kappa shape index (κ3) is 4.70. The molecule has 4 aromatic rings. The summed E-state index contributed by atoms with van der Waals surface area (Å²) in [5.41, 5.74) is 3.02. The van der Waals surface area contributed by atoms with E-state index in [1.165, 1.54) is 24.0 Å². The average molecular weight is 449 g/mol. The largest absolute Gasteiger partial charge is 0.465 e. The fourth-order valence-electron chi connectivity index (χ4n) is 3.43. The number of carbonyl (C=O) groups is 2. The molecule has 7 nitrogen and oxygen atoms in total. The molecule has 8 heteroatoms. The highest BCUT2D eigenvalue weighted by Gasteiger charge is 2.21. The predicted octanol–water partition coefficient (Wildman–Crippen LogP) is 4.58. The smallest absolute Gasteiger partial charge is 0.337 e. The lowest BCUT2D eigenvalue weighted by atomic mass is 10.1. The van der Waals surface area contributed by atoms with Crippen LogP contribution in [0.4, 0.5) is 5.13 Å². The van der Waals surface area contributed by atoms with Gasteiger partial charge in [0.1, 0.15) is 0 Å². The number of benzene rings is 2. The van der Waals surface area contributed by atoms with Gasteiger partial charge in [-0.2, -0.15) is 0 Å². The van der Waals surface area contributed by atoms with Gasteiger partial charge in [0.05, 0.1) is 29.2 Å². The van der Waals surface area contributed by atoms with Crippen molar-refractivity contribution in [2.75, 3.05) is 18.6 Å². The number of hydrogen-bond donors (Lipinski definition) is 0.